The fraction of sp³-hybridized carbons (Fsp3) is 0.400. The maximum absolute atomic E-state index is 12.4. The molecular weight excluding hydrogens is 269 g/mol. The van der Waals surface area contributed by atoms with E-state index in [1.54, 1.807) is 0 Å². The van der Waals surface area contributed by atoms with Crippen molar-refractivity contribution >= 4 is 13.3 Å². The van der Waals surface area contributed by atoms with Crippen molar-refractivity contribution in [1.29, 1.82) is 0 Å². The van der Waals surface area contributed by atoms with Crippen molar-refractivity contribution in [1.82, 2.24) is 0 Å². The van der Waals surface area contributed by atoms with Crippen LogP contribution in [-0.4, -0.2) is 48.5 Å². The Morgan fingerprint density at radius 2 is 1.26 bits per heavy atom. The van der Waals surface area contributed by atoms with Crippen LogP contribution in [0.1, 0.15) is 0 Å². The Labute approximate surface area is 107 Å². The second-order valence-electron chi connectivity index (χ2n) is 3.93. The zero-order valence-corrected chi connectivity index (χ0v) is 10.1. The van der Waals surface area contributed by atoms with Crippen molar-refractivity contribution in [2.75, 3.05) is 19.8 Å². The largest absolute Gasteiger partial charge is 0.394 e. The Balaban J connectivity index is 0.000000362. The van der Waals surface area contributed by atoms with Gasteiger partial charge in [0.2, 0.25) is 0 Å². The molecule has 108 valence electrons. The molecule has 0 aromatic heterocycles. The van der Waals surface area contributed by atoms with Crippen LogP contribution >= 0.6 is 0 Å². The van der Waals surface area contributed by atoms with Crippen molar-refractivity contribution in [3.63, 3.8) is 0 Å². The van der Waals surface area contributed by atoms with E-state index in [0.29, 0.717) is 0 Å². The molecule has 1 aromatic rings. The van der Waals surface area contributed by atoms with Gasteiger partial charge in [0.25, 0.3) is 0 Å². The summed E-state index contributed by atoms with van der Waals surface area (Å²) in [6.45, 7) is -1.21. The number of hydrogen-bond acceptors (Lipinski definition) is 4. The Morgan fingerprint density at radius 3 is 1.47 bits per heavy atom. The third kappa shape index (κ3) is 4.79. The summed E-state index contributed by atoms with van der Waals surface area (Å²) in [4.78, 5) is 0. The van der Waals surface area contributed by atoms with Gasteiger partial charge in [-0.25, -0.2) is 17.6 Å². The molecule has 0 atom stereocenters. The summed E-state index contributed by atoms with van der Waals surface area (Å²) < 4.78 is 49.3. The maximum Gasteiger partial charge on any atom is 0.161 e. The zero-order chi connectivity index (χ0) is 15.2. The van der Waals surface area contributed by atoms with E-state index in [1.807, 2.05) is 0 Å². The first-order valence-electron chi connectivity index (χ1n) is 5.13. The Kier molecular flexibility index (Phi) is 6.99. The van der Waals surface area contributed by atoms with Gasteiger partial charge in [-0.1, -0.05) is 0 Å². The molecule has 1 rings (SSSR count). The first kappa shape index (κ1) is 17.8. The summed E-state index contributed by atoms with van der Waals surface area (Å²) in [5.74, 6) is -5.43. The standard InChI is InChI=1S/C6H3BF4.C4H11NO3/c7-4-5(10)2(8)1-3(9)6(4)11;5-4(1-6,2-7)3-8/h1H,7H2;6-8H,1-3,5H2. The number of rotatable bonds is 3. The van der Waals surface area contributed by atoms with Crippen LogP contribution in [0.4, 0.5) is 17.6 Å². The fourth-order valence-corrected chi connectivity index (χ4v) is 0.843. The summed E-state index contributed by atoms with van der Waals surface area (Å²) in [6.07, 6.45) is 0. The second kappa shape index (κ2) is 7.44. The second-order valence-corrected chi connectivity index (χ2v) is 3.93. The van der Waals surface area contributed by atoms with E-state index in [0.717, 1.165) is 7.85 Å². The van der Waals surface area contributed by atoms with E-state index in [9.17, 15) is 17.6 Å². The topological polar surface area (TPSA) is 86.7 Å². The van der Waals surface area contributed by atoms with Crippen LogP contribution in [0.2, 0.25) is 0 Å². The van der Waals surface area contributed by atoms with E-state index in [1.165, 1.54) is 0 Å². The predicted molar refractivity (Wildman–Crippen MR) is 62.6 cm³/mol. The molecule has 0 saturated heterocycles. The zero-order valence-electron chi connectivity index (χ0n) is 10.1. The van der Waals surface area contributed by atoms with Crippen LogP contribution in [-0.2, 0) is 0 Å². The van der Waals surface area contributed by atoms with E-state index in [2.05, 4.69) is 0 Å². The number of nitrogens with two attached hydrogens (primary N) is 1. The molecule has 1 aromatic carbocycles. The highest BCUT2D eigenvalue weighted by atomic mass is 19.2. The third-order valence-electron chi connectivity index (χ3n) is 2.28. The van der Waals surface area contributed by atoms with Gasteiger partial charge < -0.3 is 21.1 Å². The van der Waals surface area contributed by atoms with Gasteiger partial charge in [0.1, 0.15) is 7.85 Å². The lowest BCUT2D eigenvalue weighted by molar-refractivity contribution is 0.0698. The molecule has 9 heteroatoms. The van der Waals surface area contributed by atoms with Gasteiger partial charge in [-0.15, -0.1) is 0 Å². The van der Waals surface area contributed by atoms with Crippen molar-refractivity contribution in [3.05, 3.63) is 29.3 Å². The molecule has 0 aliphatic rings. The molecule has 0 amide bonds. The fourth-order valence-electron chi connectivity index (χ4n) is 0.843. The average Bonchev–Trinajstić information content (AvgIpc) is 2.43. The first-order valence-corrected chi connectivity index (χ1v) is 5.13. The minimum absolute atomic E-state index is 0.178. The molecular formula is C10H14BF4NO3. The van der Waals surface area contributed by atoms with Gasteiger partial charge in [0, 0.05) is 6.07 Å². The summed E-state index contributed by atoms with van der Waals surface area (Å²) in [5, 5.41) is 25.0. The van der Waals surface area contributed by atoms with Gasteiger partial charge in [-0.05, 0) is 5.46 Å². The lowest BCUT2D eigenvalue weighted by Gasteiger charge is -2.20. The van der Waals surface area contributed by atoms with Crippen LogP contribution in [0.25, 0.3) is 0 Å². The van der Waals surface area contributed by atoms with Crippen LogP contribution in [0.3, 0.4) is 0 Å². The number of benzene rings is 1. The van der Waals surface area contributed by atoms with Gasteiger partial charge in [0.15, 0.2) is 23.3 Å². The number of halogens is 4. The van der Waals surface area contributed by atoms with Crippen molar-refractivity contribution in [2.24, 2.45) is 5.73 Å². The SMILES string of the molecule is Bc1c(F)c(F)cc(F)c1F.NC(CO)(CO)CO. The molecule has 0 bridgehead atoms. The predicted octanol–water partition coefficient (Wildman–Crippen LogP) is -1.84. The Morgan fingerprint density at radius 1 is 0.947 bits per heavy atom. The smallest absolute Gasteiger partial charge is 0.161 e. The molecule has 0 heterocycles. The van der Waals surface area contributed by atoms with E-state index in [-0.39, 0.29) is 6.07 Å². The molecule has 0 radical (unpaired) electrons. The molecule has 0 fully saturated rings. The van der Waals surface area contributed by atoms with Gasteiger partial charge in [-0.3, -0.25) is 0 Å². The third-order valence-corrected chi connectivity index (χ3v) is 2.28. The highest BCUT2D eigenvalue weighted by molar-refractivity contribution is 6.32. The quantitative estimate of drug-likeness (QED) is 0.298. The maximum atomic E-state index is 12.4. The number of aliphatic hydroxyl groups excluding tert-OH is 3. The molecule has 0 aliphatic heterocycles. The van der Waals surface area contributed by atoms with Crippen molar-refractivity contribution < 1.29 is 32.9 Å². The lowest BCUT2D eigenvalue weighted by atomic mass is 9.94. The van der Waals surface area contributed by atoms with E-state index >= 15 is 0 Å². The molecule has 5 N–H and O–H groups in total. The van der Waals surface area contributed by atoms with Crippen LogP contribution in [0, 0.1) is 23.3 Å². The first-order chi connectivity index (χ1) is 8.72. The van der Waals surface area contributed by atoms with E-state index in [4.69, 9.17) is 21.1 Å². The Hall–Kier alpha value is -1.16. The molecule has 0 aliphatic carbocycles. The highest BCUT2D eigenvalue weighted by Gasteiger charge is 2.20. The van der Waals surface area contributed by atoms with E-state index < -0.39 is 54.1 Å². The normalized spacial score (nSPS) is 10.9. The Bertz CT molecular complexity index is 395. The summed E-state index contributed by atoms with van der Waals surface area (Å²) in [7, 11) is 0.969. The minimum Gasteiger partial charge on any atom is -0.394 e. The molecule has 4 nitrogen and oxygen atoms in total. The lowest BCUT2D eigenvalue weighted by Crippen LogP contribution is -2.50. The van der Waals surface area contributed by atoms with Crippen molar-refractivity contribution in [2.45, 2.75) is 5.54 Å². The van der Waals surface area contributed by atoms with Gasteiger partial charge in [0.05, 0.1) is 25.4 Å². The monoisotopic (exact) mass is 283 g/mol. The highest BCUT2D eigenvalue weighted by Crippen LogP contribution is 2.08. The van der Waals surface area contributed by atoms with Crippen LogP contribution in [0.15, 0.2) is 6.07 Å². The van der Waals surface area contributed by atoms with Crippen LogP contribution < -0.4 is 11.2 Å². The number of aliphatic hydroxyl groups is 3. The number of hydrogen-bond donors (Lipinski definition) is 4. The summed E-state index contributed by atoms with van der Waals surface area (Å²) >= 11 is 0. The molecule has 0 saturated carbocycles. The molecule has 0 unspecified atom stereocenters. The molecule has 0 spiro atoms. The van der Waals surface area contributed by atoms with Crippen LogP contribution in [0.5, 0.6) is 0 Å². The average molecular weight is 283 g/mol. The van der Waals surface area contributed by atoms with Gasteiger partial charge >= 0.3 is 0 Å². The van der Waals surface area contributed by atoms with Crippen molar-refractivity contribution in [3.8, 4) is 0 Å². The molecule has 19 heavy (non-hydrogen) atoms. The van der Waals surface area contributed by atoms with Gasteiger partial charge in [-0.2, -0.15) is 0 Å². The minimum atomic E-state index is -1.37. The summed E-state index contributed by atoms with van der Waals surface area (Å²) in [6, 6.07) is 0.178. The summed E-state index contributed by atoms with van der Waals surface area (Å²) in [5.41, 5.74) is 3.30.